The highest BCUT2D eigenvalue weighted by Gasteiger charge is 2.57. The summed E-state index contributed by atoms with van der Waals surface area (Å²) in [5.74, 6) is 6.75. The van der Waals surface area contributed by atoms with Gasteiger partial charge >= 0.3 is 12.2 Å². The molecule has 14 nitrogen and oxygen atoms in total. The Labute approximate surface area is 323 Å². The molecule has 2 aromatic heterocycles. The van der Waals surface area contributed by atoms with Gasteiger partial charge in [0.1, 0.15) is 29.2 Å². The molecule has 0 unspecified atom stereocenters. The van der Waals surface area contributed by atoms with Crippen molar-refractivity contribution in [3.05, 3.63) is 71.2 Å². The van der Waals surface area contributed by atoms with E-state index >= 15 is 4.39 Å². The molecule has 4 heterocycles. The number of amides is 4. The summed E-state index contributed by atoms with van der Waals surface area (Å²) < 4.78 is 20.2. The third-order valence-electron chi connectivity index (χ3n) is 11.7. The molecule has 4 amide bonds. The molecular formula is C41H45FN8O6. The number of carboxylic acid groups (broad SMARTS) is 1. The number of imidazole rings is 2. The number of nitrogens with one attached hydrogen (secondary N) is 4. The summed E-state index contributed by atoms with van der Waals surface area (Å²) in [5, 5.41) is 14.4. The molecule has 0 bridgehead atoms. The average Bonchev–Trinajstić information content (AvgIpc) is 3.78. The van der Waals surface area contributed by atoms with E-state index in [0.717, 1.165) is 36.1 Å². The second-order valence-electron chi connectivity index (χ2n) is 16.1. The zero-order valence-electron chi connectivity index (χ0n) is 31.8. The van der Waals surface area contributed by atoms with Crippen LogP contribution in [0.4, 0.5) is 14.0 Å². The number of aromatic amines is 2. The van der Waals surface area contributed by atoms with Crippen LogP contribution < -0.4 is 10.6 Å². The van der Waals surface area contributed by atoms with Crippen molar-refractivity contribution in [1.29, 1.82) is 0 Å². The van der Waals surface area contributed by atoms with E-state index in [2.05, 4.69) is 42.4 Å². The molecule has 8 rings (SSSR count). The number of piperidine rings is 2. The van der Waals surface area contributed by atoms with Gasteiger partial charge in [0.2, 0.25) is 11.8 Å². The largest absolute Gasteiger partial charge is 0.465 e. The lowest BCUT2D eigenvalue weighted by Gasteiger charge is -2.31. The Morgan fingerprint density at radius 3 is 2.02 bits per heavy atom. The lowest BCUT2D eigenvalue weighted by atomic mass is 10.0. The van der Waals surface area contributed by atoms with Gasteiger partial charge in [0.15, 0.2) is 5.82 Å². The third-order valence-corrected chi connectivity index (χ3v) is 11.7. The summed E-state index contributed by atoms with van der Waals surface area (Å²) in [7, 11) is 1.26. The van der Waals surface area contributed by atoms with Crippen LogP contribution in [0.15, 0.2) is 42.6 Å². The smallest absolute Gasteiger partial charge is 0.407 e. The normalized spacial score (nSPS) is 24.3. The number of ether oxygens (including phenoxy) is 1. The van der Waals surface area contributed by atoms with Crippen molar-refractivity contribution in [3.8, 4) is 23.1 Å². The van der Waals surface area contributed by atoms with E-state index in [4.69, 9.17) is 4.74 Å². The minimum atomic E-state index is -1.22. The topological polar surface area (TPSA) is 186 Å². The molecule has 4 fully saturated rings. The van der Waals surface area contributed by atoms with Crippen LogP contribution in [0.25, 0.3) is 22.3 Å². The molecule has 2 aliphatic heterocycles. The van der Waals surface area contributed by atoms with Crippen LogP contribution >= 0.6 is 0 Å². The van der Waals surface area contributed by atoms with Crippen LogP contribution in [0.2, 0.25) is 0 Å². The van der Waals surface area contributed by atoms with Gasteiger partial charge in [-0.05, 0) is 79.2 Å². The predicted octanol–water partition coefficient (Wildman–Crippen LogP) is 5.49. The highest BCUT2D eigenvalue weighted by atomic mass is 19.1. The Morgan fingerprint density at radius 1 is 0.839 bits per heavy atom. The van der Waals surface area contributed by atoms with Crippen LogP contribution in [0.3, 0.4) is 0 Å². The Balaban J connectivity index is 0.965. The predicted molar refractivity (Wildman–Crippen MR) is 202 cm³/mol. The van der Waals surface area contributed by atoms with Crippen molar-refractivity contribution in [1.82, 2.24) is 40.4 Å². The highest BCUT2D eigenvalue weighted by Crippen LogP contribution is 2.54. The Kier molecular flexibility index (Phi) is 9.46. The van der Waals surface area contributed by atoms with Crippen LogP contribution in [0, 0.1) is 41.3 Å². The quantitative estimate of drug-likeness (QED) is 0.139. The first-order valence-corrected chi connectivity index (χ1v) is 19.2. The summed E-state index contributed by atoms with van der Waals surface area (Å²) in [6.07, 6.45) is 3.13. The molecule has 15 heteroatoms. The first-order chi connectivity index (χ1) is 26.8. The third kappa shape index (κ3) is 6.93. The maximum Gasteiger partial charge on any atom is 0.407 e. The number of likely N-dealkylation sites (tertiary alicyclic amines) is 2. The monoisotopic (exact) mass is 764 g/mol. The van der Waals surface area contributed by atoms with E-state index in [1.54, 1.807) is 17.2 Å². The molecule has 2 aliphatic carbocycles. The molecule has 2 saturated carbocycles. The first kappa shape index (κ1) is 37.0. The fourth-order valence-electron chi connectivity index (χ4n) is 8.56. The van der Waals surface area contributed by atoms with E-state index < -0.39 is 30.1 Å². The van der Waals surface area contributed by atoms with Crippen molar-refractivity contribution in [2.45, 2.75) is 89.6 Å². The number of aromatic nitrogens is 4. The second-order valence-corrected chi connectivity index (χ2v) is 16.1. The van der Waals surface area contributed by atoms with Crippen LogP contribution in [0.1, 0.15) is 88.2 Å². The van der Waals surface area contributed by atoms with Crippen molar-refractivity contribution in [2.75, 3.05) is 7.11 Å². The van der Waals surface area contributed by atoms with Gasteiger partial charge in [-0.25, -0.2) is 23.9 Å². The van der Waals surface area contributed by atoms with Crippen LogP contribution in [0.5, 0.6) is 0 Å². The molecule has 8 atom stereocenters. The Hall–Kier alpha value is -5.91. The van der Waals surface area contributed by atoms with E-state index in [0.29, 0.717) is 41.0 Å². The number of H-pyrrole nitrogens is 2. The number of benzene rings is 2. The summed E-state index contributed by atoms with van der Waals surface area (Å²) in [6.45, 7) is 7.38. The number of hydrogen-bond acceptors (Lipinski definition) is 7. The standard InChI is InChI=1S/C41H45FN8O6/c1-19(2)33(47-40(53)54)38(51)49-29-14-24(29)16-31(49)36-43-18-28(45-36)23-10-8-21(9-11-23)6-7-22-12-26(42)35-27(13-22)44-37(46-35)32-17-25-15-30(25)50(32)39(52)34(20(3)4)48-41(55)56-5/h8-13,18-20,24-25,29-34,47H,14-17H2,1-5H3,(H,43,45)(H,44,46)(H,48,55)(H,53,54)/t24-,25-,29-,30-,31+,32+,33+,34+/m1/s1. The SMILES string of the molecule is COC(=O)N[C@H](C(=O)N1[C@@H]2C[C@@H]2C[C@H]1c1nc2c(F)cc(C#Cc3ccc(-c4cnc([C@@H]5C[C@H]6C[C@H]6N5C(=O)[C@@H](NC(=O)O)C(C)C)[nH]4)cc3)cc2[nH]1)C(C)C. The molecule has 0 spiro atoms. The number of halogens is 1. The van der Waals surface area contributed by atoms with Gasteiger partial charge in [0, 0.05) is 23.2 Å². The number of fused-ring (bicyclic) bond motifs is 3. The molecular weight excluding hydrogens is 719 g/mol. The number of nitrogens with zero attached hydrogens (tertiary/aromatic N) is 4. The molecule has 2 aromatic carbocycles. The summed E-state index contributed by atoms with van der Waals surface area (Å²) in [4.78, 5) is 70.3. The molecule has 2 saturated heterocycles. The molecule has 5 N–H and O–H groups in total. The fourth-order valence-corrected chi connectivity index (χ4v) is 8.56. The maximum atomic E-state index is 15.5. The zero-order valence-corrected chi connectivity index (χ0v) is 31.8. The van der Waals surface area contributed by atoms with Gasteiger partial charge < -0.3 is 40.2 Å². The maximum absolute atomic E-state index is 15.5. The van der Waals surface area contributed by atoms with E-state index in [1.807, 2.05) is 56.9 Å². The van der Waals surface area contributed by atoms with Crippen molar-refractivity contribution in [3.63, 3.8) is 0 Å². The van der Waals surface area contributed by atoms with E-state index in [-0.39, 0.29) is 53.3 Å². The number of alkyl carbamates (subject to hydrolysis) is 1. The molecule has 56 heavy (non-hydrogen) atoms. The lowest BCUT2D eigenvalue weighted by Crippen LogP contribution is -2.52. The van der Waals surface area contributed by atoms with Gasteiger partial charge in [0.25, 0.3) is 0 Å². The van der Waals surface area contributed by atoms with Crippen molar-refractivity contribution in [2.24, 2.45) is 23.7 Å². The second kappa shape index (κ2) is 14.3. The lowest BCUT2D eigenvalue weighted by molar-refractivity contribution is -0.137. The number of carbonyl (C=O) groups excluding carboxylic acids is 3. The van der Waals surface area contributed by atoms with Gasteiger partial charge in [-0.15, -0.1) is 0 Å². The summed E-state index contributed by atoms with van der Waals surface area (Å²) >= 11 is 0. The van der Waals surface area contributed by atoms with Gasteiger partial charge in [-0.3, -0.25) is 9.59 Å². The molecule has 4 aliphatic rings. The number of hydrogen-bond donors (Lipinski definition) is 5. The minimum absolute atomic E-state index is 0.0560. The van der Waals surface area contributed by atoms with Gasteiger partial charge in [0.05, 0.1) is 36.6 Å². The number of methoxy groups -OCH3 is 1. The Bertz CT molecular complexity index is 2270. The highest BCUT2D eigenvalue weighted by molar-refractivity contribution is 5.88. The van der Waals surface area contributed by atoms with Gasteiger partial charge in [-0.2, -0.15) is 0 Å². The average molecular weight is 765 g/mol. The van der Waals surface area contributed by atoms with Gasteiger partial charge in [-0.1, -0.05) is 51.7 Å². The van der Waals surface area contributed by atoms with E-state index in [1.165, 1.54) is 13.2 Å². The minimum Gasteiger partial charge on any atom is -0.465 e. The first-order valence-electron chi connectivity index (χ1n) is 19.2. The molecule has 292 valence electrons. The number of carbonyl (C=O) groups is 4. The van der Waals surface area contributed by atoms with Crippen molar-refractivity contribution >= 4 is 35.0 Å². The zero-order chi connectivity index (χ0) is 39.6. The molecule has 0 radical (unpaired) electrons. The Morgan fingerprint density at radius 2 is 1.43 bits per heavy atom. The number of rotatable bonds is 9. The van der Waals surface area contributed by atoms with E-state index in [9.17, 15) is 24.3 Å². The summed E-state index contributed by atoms with van der Waals surface area (Å²) in [6, 6.07) is 8.59. The van der Waals surface area contributed by atoms with Crippen LogP contribution in [-0.2, 0) is 14.3 Å². The van der Waals surface area contributed by atoms with Crippen LogP contribution in [-0.4, -0.2) is 90.1 Å². The van der Waals surface area contributed by atoms with Crippen molar-refractivity contribution < 1.29 is 33.4 Å². The fraction of sp³-hybridized carbons (Fsp3) is 0.463. The molecule has 4 aromatic rings. The summed E-state index contributed by atoms with van der Waals surface area (Å²) in [5.41, 5.74) is 3.49.